The summed E-state index contributed by atoms with van der Waals surface area (Å²) in [6, 6.07) is 57.6. The first-order valence-electron chi connectivity index (χ1n) is 19.0. The van der Waals surface area contributed by atoms with Crippen molar-refractivity contribution in [2.45, 2.75) is 44.3 Å². The zero-order valence-electron chi connectivity index (χ0n) is 30.9. The molecule has 0 amide bonds. The van der Waals surface area contributed by atoms with E-state index in [1.165, 1.54) is 49.7 Å². The smallest absolute Gasteiger partial charge is 0.399 e. The van der Waals surface area contributed by atoms with Gasteiger partial charge < -0.3 is 19.2 Å². The predicted octanol–water partition coefficient (Wildman–Crippen LogP) is 11.2. The molecule has 0 unspecified atom stereocenters. The van der Waals surface area contributed by atoms with Crippen LogP contribution in [-0.4, -0.2) is 22.9 Å². The van der Waals surface area contributed by atoms with Crippen LogP contribution in [0, 0.1) is 0 Å². The van der Waals surface area contributed by atoms with Crippen molar-refractivity contribution in [3.05, 3.63) is 180 Å². The topological polar surface area (TPSA) is 35.4 Å². The summed E-state index contributed by atoms with van der Waals surface area (Å²) in [4.78, 5) is 0. The zero-order chi connectivity index (χ0) is 36.4. The van der Waals surface area contributed by atoms with Crippen molar-refractivity contribution in [1.29, 1.82) is 0 Å². The molecule has 1 aliphatic carbocycles. The zero-order valence-corrected chi connectivity index (χ0v) is 30.9. The average molecular weight is 699 g/mol. The fraction of sp³-hybridized carbons (Fsp3) is 0.143. The second-order valence-electron chi connectivity index (χ2n) is 15.9. The van der Waals surface area contributed by atoms with Gasteiger partial charge in [0, 0.05) is 33.3 Å². The molecule has 1 fully saturated rings. The van der Waals surface area contributed by atoms with E-state index in [2.05, 4.69) is 195 Å². The highest BCUT2D eigenvalue weighted by Gasteiger charge is 2.56. The summed E-state index contributed by atoms with van der Waals surface area (Å²) in [5, 5.41) is 6.43. The van der Waals surface area contributed by atoms with Crippen LogP contribution >= 0.6 is 0 Å². The maximum Gasteiger partial charge on any atom is 0.497 e. The third-order valence-corrected chi connectivity index (χ3v) is 12.7. The Morgan fingerprint density at radius 3 is 1.78 bits per heavy atom. The Morgan fingerprint density at radius 1 is 0.481 bits per heavy atom. The largest absolute Gasteiger partial charge is 0.497 e. The third-order valence-electron chi connectivity index (χ3n) is 12.7. The van der Waals surface area contributed by atoms with Gasteiger partial charge in [-0.25, -0.2) is 0 Å². The number of benzene rings is 7. The van der Waals surface area contributed by atoms with Crippen LogP contribution in [-0.2, 0) is 14.7 Å². The van der Waals surface area contributed by atoms with Gasteiger partial charge in [0.15, 0.2) is 0 Å². The van der Waals surface area contributed by atoms with E-state index in [1.54, 1.807) is 0 Å². The highest BCUT2D eigenvalue weighted by molar-refractivity contribution is 6.66. The number of para-hydroxylation sites is 3. The molecular formula is C49H39BN2O2. The van der Waals surface area contributed by atoms with Crippen molar-refractivity contribution in [2.75, 3.05) is 5.32 Å². The van der Waals surface area contributed by atoms with Gasteiger partial charge >= 0.3 is 7.12 Å². The molecule has 1 N–H and O–H groups in total. The first-order valence-corrected chi connectivity index (χ1v) is 19.0. The van der Waals surface area contributed by atoms with E-state index in [-0.39, 0.29) is 0 Å². The molecule has 3 heterocycles. The van der Waals surface area contributed by atoms with Crippen molar-refractivity contribution in [3.63, 3.8) is 0 Å². The molecule has 2 aliphatic heterocycles. The minimum Gasteiger partial charge on any atom is -0.399 e. The summed E-state index contributed by atoms with van der Waals surface area (Å²) in [7, 11) is -0.626. The van der Waals surface area contributed by atoms with Gasteiger partial charge in [-0.05, 0) is 103 Å². The molecule has 8 aromatic rings. The van der Waals surface area contributed by atoms with Crippen molar-refractivity contribution >= 4 is 45.8 Å². The average Bonchev–Trinajstić information content (AvgIpc) is 3.77. The van der Waals surface area contributed by atoms with Crippen molar-refractivity contribution in [1.82, 2.24) is 4.57 Å². The number of nitrogens with zero attached hydrogens (tertiary/aromatic N) is 1. The molecule has 11 rings (SSSR count). The van der Waals surface area contributed by atoms with Gasteiger partial charge in [0.05, 0.1) is 27.7 Å². The summed E-state index contributed by atoms with van der Waals surface area (Å²) in [5.74, 6) is 0. The minimum atomic E-state index is -0.626. The fourth-order valence-electron chi connectivity index (χ4n) is 9.62. The molecule has 7 aromatic carbocycles. The van der Waals surface area contributed by atoms with Gasteiger partial charge in [0.25, 0.3) is 0 Å². The monoisotopic (exact) mass is 698 g/mol. The van der Waals surface area contributed by atoms with Crippen LogP contribution in [0.2, 0.25) is 0 Å². The fourth-order valence-corrected chi connectivity index (χ4v) is 9.62. The molecule has 4 nitrogen and oxygen atoms in total. The molecule has 1 spiro atoms. The molecule has 260 valence electrons. The van der Waals surface area contributed by atoms with Gasteiger partial charge in [-0.3, -0.25) is 0 Å². The highest BCUT2D eigenvalue weighted by atomic mass is 16.7. The van der Waals surface area contributed by atoms with E-state index in [4.69, 9.17) is 9.31 Å². The molecule has 0 saturated carbocycles. The summed E-state index contributed by atoms with van der Waals surface area (Å²) in [6.07, 6.45) is 0. The van der Waals surface area contributed by atoms with Crippen LogP contribution in [0.4, 0.5) is 11.4 Å². The third kappa shape index (κ3) is 4.06. The van der Waals surface area contributed by atoms with Crippen LogP contribution in [0.5, 0.6) is 0 Å². The van der Waals surface area contributed by atoms with Crippen LogP contribution < -0.4 is 10.8 Å². The van der Waals surface area contributed by atoms with Crippen molar-refractivity contribution in [3.8, 4) is 27.9 Å². The maximum absolute atomic E-state index is 7.06. The van der Waals surface area contributed by atoms with Crippen LogP contribution in [0.15, 0.2) is 158 Å². The van der Waals surface area contributed by atoms with E-state index < -0.39 is 23.7 Å². The number of hydrogen-bond acceptors (Lipinski definition) is 3. The molecule has 1 saturated heterocycles. The summed E-state index contributed by atoms with van der Waals surface area (Å²) in [6.45, 7) is 8.57. The molecule has 3 aliphatic rings. The van der Waals surface area contributed by atoms with Gasteiger partial charge in [0.2, 0.25) is 0 Å². The van der Waals surface area contributed by atoms with E-state index in [9.17, 15) is 0 Å². The quantitative estimate of drug-likeness (QED) is 0.187. The Balaban J connectivity index is 1.27. The summed E-state index contributed by atoms with van der Waals surface area (Å²) < 4.78 is 16.5. The Labute approximate surface area is 316 Å². The second kappa shape index (κ2) is 11.1. The van der Waals surface area contributed by atoms with Crippen LogP contribution in [0.3, 0.4) is 0 Å². The highest BCUT2D eigenvalue weighted by Crippen LogP contribution is 2.61. The number of fused-ring (bicyclic) bond motifs is 12. The first kappa shape index (κ1) is 31.6. The Hall–Kier alpha value is -5.88. The van der Waals surface area contributed by atoms with Crippen molar-refractivity contribution < 1.29 is 9.31 Å². The second-order valence-corrected chi connectivity index (χ2v) is 15.9. The number of nitrogens with one attached hydrogen (secondary N) is 1. The Kier molecular flexibility index (Phi) is 6.49. The van der Waals surface area contributed by atoms with Crippen molar-refractivity contribution in [2.24, 2.45) is 0 Å². The van der Waals surface area contributed by atoms with Crippen LogP contribution in [0.25, 0.3) is 49.7 Å². The van der Waals surface area contributed by atoms with Crippen LogP contribution in [0.1, 0.15) is 49.9 Å². The lowest BCUT2D eigenvalue weighted by Crippen LogP contribution is -2.42. The normalized spacial score (nSPS) is 16.9. The number of aromatic nitrogens is 1. The number of anilines is 2. The first-order chi connectivity index (χ1) is 26.3. The Bertz CT molecular complexity index is 2770. The van der Waals surface area contributed by atoms with Gasteiger partial charge in [0.1, 0.15) is 0 Å². The molecular weight excluding hydrogens is 659 g/mol. The molecule has 5 heteroatoms. The summed E-state index contributed by atoms with van der Waals surface area (Å²) >= 11 is 0. The number of rotatable bonds is 3. The molecule has 54 heavy (non-hydrogen) atoms. The van der Waals surface area contributed by atoms with E-state index in [0.717, 1.165) is 39.2 Å². The number of hydrogen-bond donors (Lipinski definition) is 1. The van der Waals surface area contributed by atoms with E-state index in [0.29, 0.717) is 0 Å². The molecule has 0 radical (unpaired) electrons. The Morgan fingerprint density at radius 2 is 1.06 bits per heavy atom. The van der Waals surface area contributed by atoms with E-state index >= 15 is 0 Å². The molecule has 0 bridgehead atoms. The lowest BCUT2D eigenvalue weighted by atomic mass is 9.61. The summed E-state index contributed by atoms with van der Waals surface area (Å²) in [5.41, 5.74) is 14.8. The standard InChI is InChI=1S/C49H39BN2O2/c1-47(2)48(3,4)54-50(53-47)45-35(34-22-16-28-43-44(34)36-21-10-15-27-42(36)52(43)31-17-6-5-7-18-31)29-30-40-46(45)51-41-26-14-13-25-39(41)49(40)37-23-11-8-19-32(37)33-20-9-12-24-38(33)49/h5-30,51H,1-4H3. The molecule has 0 atom stereocenters. The SMILES string of the molecule is CC1(C)OB(c2c(-c3cccc4c3c3ccccc3n4-c3ccccc3)ccc3c2Nc2ccccc2C32c3ccccc3-c3ccccc32)OC1(C)C. The van der Waals surface area contributed by atoms with Gasteiger partial charge in [-0.1, -0.05) is 127 Å². The van der Waals surface area contributed by atoms with Gasteiger partial charge in [-0.2, -0.15) is 0 Å². The maximum atomic E-state index is 7.06. The lowest BCUT2D eigenvalue weighted by molar-refractivity contribution is 0.00578. The lowest BCUT2D eigenvalue weighted by Gasteiger charge is -2.41. The predicted molar refractivity (Wildman–Crippen MR) is 223 cm³/mol. The van der Waals surface area contributed by atoms with Gasteiger partial charge in [-0.15, -0.1) is 0 Å². The minimum absolute atomic E-state index is 0.538. The van der Waals surface area contributed by atoms with E-state index in [1.807, 2.05) is 0 Å². The molecule has 1 aromatic heterocycles.